The van der Waals surface area contributed by atoms with Crippen LogP contribution in [0.2, 0.25) is 0 Å². The first-order valence-electron chi connectivity index (χ1n) is 5.08. The van der Waals surface area contributed by atoms with Crippen LogP contribution in [0.4, 0.5) is 13.2 Å². The van der Waals surface area contributed by atoms with Gasteiger partial charge >= 0.3 is 13.9 Å². The fourth-order valence-corrected chi connectivity index (χ4v) is 2.00. The molecule has 1 unspecified atom stereocenters. The zero-order valence-corrected chi connectivity index (χ0v) is 10.7. The van der Waals surface area contributed by atoms with Crippen molar-refractivity contribution < 1.29 is 27.2 Å². The number of hydrogen-bond donors (Lipinski definition) is 1. The van der Waals surface area contributed by atoms with Crippen LogP contribution in [0.25, 0.3) is 0 Å². The van der Waals surface area contributed by atoms with Crippen molar-refractivity contribution in [2.75, 3.05) is 13.6 Å². The van der Waals surface area contributed by atoms with E-state index in [0.29, 0.717) is 6.07 Å². The number of hydrogen-bond acceptors (Lipinski definition) is 2. The summed E-state index contributed by atoms with van der Waals surface area (Å²) in [6, 6.07) is 3.86. The van der Waals surface area contributed by atoms with E-state index >= 15 is 0 Å². The zero-order valence-electron chi connectivity index (χ0n) is 9.81. The van der Waals surface area contributed by atoms with Crippen molar-refractivity contribution in [2.24, 2.45) is 0 Å². The summed E-state index contributed by atoms with van der Waals surface area (Å²) < 4.78 is 54.7. The monoisotopic (exact) mass is 283 g/mol. The Hall–Kier alpha value is -1.04. The molecular weight excluding hydrogens is 270 g/mol. The molecule has 0 heterocycles. The molecule has 0 aliphatic rings. The van der Waals surface area contributed by atoms with Crippen molar-refractivity contribution in [3.8, 4) is 5.75 Å². The first kappa shape index (κ1) is 15.0. The molecule has 1 N–H and O–H groups in total. The summed E-state index contributed by atoms with van der Waals surface area (Å²) in [6.07, 6.45) is -4.52. The third-order valence-electron chi connectivity index (χ3n) is 2.27. The largest absolute Gasteiger partial charge is 0.458 e. The van der Waals surface area contributed by atoms with E-state index in [1.165, 1.54) is 13.1 Å². The topological polar surface area (TPSA) is 49.8 Å². The van der Waals surface area contributed by atoms with Crippen LogP contribution < -0.4 is 4.52 Å². The lowest BCUT2D eigenvalue weighted by Crippen LogP contribution is -2.17. The fraction of sp³-hybridized carbons (Fsp3) is 0.400. The van der Waals surface area contributed by atoms with Gasteiger partial charge in [-0.3, -0.25) is 0 Å². The molecule has 0 fully saturated rings. The highest BCUT2D eigenvalue weighted by atomic mass is 31.2. The number of nitrogens with zero attached hydrogens (tertiary/aromatic N) is 1. The van der Waals surface area contributed by atoms with Gasteiger partial charge in [-0.1, -0.05) is 13.0 Å². The Balaban J connectivity index is 2.96. The summed E-state index contributed by atoms with van der Waals surface area (Å²) in [5.74, 6) is -0.295. The van der Waals surface area contributed by atoms with E-state index in [-0.39, 0.29) is 12.3 Å². The van der Waals surface area contributed by atoms with Crippen molar-refractivity contribution in [3.63, 3.8) is 0 Å². The molecule has 0 aromatic heterocycles. The molecule has 0 saturated heterocycles. The molecule has 102 valence electrons. The average Bonchev–Trinajstić information content (AvgIpc) is 2.26. The van der Waals surface area contributed by atoms with E-state index in [1.807, 2.05) is 0 Å². The maximum Gasteiger partial charge on any atom is 0.458 e. The molecule has 0 aliphatic heterocycles. The van der Waals surface area contributed by atoms with Crippen LogP contribution in [0.1, 0.15) is 12.5 Å². The molecule has 18 heavy (non-hydrogen) atoms. The molecule has 0 aliphatic carbocycles. The van der Waals surface area contributed by atoms with Crippen molar-refractivity contribution in [3.05, 3.63) is 29.8 Å². The Morgan fingerprint density at radius 3 is 2.56 bits per heavy atom. The van der Waals surface area contributed by atoms with E-state index in [0.717, 1.165) is 16.8 Å². The predicted octanol–water partition coefficient (Wildman–Crippen LogP) is 3.14. The molecule has 0 spiro atoms. The van der Waals surface area contributed by atoms with Gasteiger partial charge in [0.05, 0.1) is 5.56 Å². The van der Waals surface area contributed by atoms with Gasteiger partial charge in [0, 0.05) is 6.54 Å². The predicted molar refractivity (Wildman–Crippen MR) is 60.2 cm³/mol. The second kappa shape index (κ2) is 5.30. The van der Waals surface area contributed by atoms with Crippen molar-refractivity contribution >= 4 is 7.75 Å². The molecule has 0 bridgehead atoms. The Bertz CT molecular complexity index is 464. The van der Waals surface area contributed by atoms with Gasteiger partial charge in [-0.05, 0) is 25.2 Å². The highest BCUT2D eigenvalue weighted by Gasteiger charge is 2.32. The van der Waals surface area contributed by atoms with Crippen LogP contribution in [0, 0.1) is 0 Å². The van der Waals surface area contributed by atoms with Crippen molar-refractivity contribution in [1.82, 2.24) is 4.67 Å². The lowest BCUT2D eigenvalue weighted by molar-refractivity contribution is -0.137. The van der Waals surface area contributed by atoms with Crippen LogP contribution in [-0.2, 0) is 10.7 Å². The van der Waals surface area contributed by atoms with Crippen LogP contribution in [0.3, 0.4) is 0 Å². The third-order valence-corrected chi connectivity index (χ3v) is 3.87. The first-order valence-corrected chi connectivity index (χ1v) is 6.61. The second-order valence-corrected chi connectivity index (χ2v) is 5.43. The molecule has 4 nitrogen and oxygen atoms in total. The average molecular weight is 283 g/mol. The number of benzene rings is 1. The summed E-state index contributed by atoms with van der Waals surface area (Å²) in [5.41, 5.74) is -0.931. The van der Waals surface area contributed by atoms with Gasteiger partial charge in [-0.2, -0.15) is 13.2 Å². The van der Waals surface area contributed by atoms with E-state index < -0.39 is 19.5 Å². The van der Waals surface area contributed by atoms with Crippen LogP contribution in [-0.4, -0.2) is 23.2 Å². The van der Waals surface area contributed by atoms with Crippen LogP contribution in [0.5, 0.6) is 5.75 Å². The van der Waals surface area contributed by atoms with Crippen LogP contribution in [0.15, 0.2) is 24.3 Å². The molecule has 0 saturated carbocycles. The maximum absolute atomic E-state index is 12.4. The molecule has 0 radical (unpaired) electrons. The zero-order chi connectivity index (χ0) is 14.0. The number of halogens is 3. The minimum absolute atomic E-state index is 0.229. The summed E-state index contributed by atoms with van der Waals surface area (Å²) in [7, 11) is -2.77. The Kier molecular flexibility index (Phi) is 4.42. The Labute approximate surface area is 103 Å². The molecule has 1 rings (SSSR count). The summed E-state index contributed by atoms with van der Waals surface area (Å²) in [4.78, 5) is 9.51. The van der Waals surface area contributed by atoms with E-state index in [9.17, 15) is 22.6 Å². The van der Waals surface area contributed by atoms with Crippen molar-refractivity contribution in [1.29, 1.82) is 0 Å². The molecule has 1 atom stereocenters. The van der Waals surface area contributed by atoms with Gasteiger partial charge in [0.2, 0.25) is 0 Å². The lowest BCUT2D eigenvalue weighted by Gasteiger charge is -2.21. The van der Waals surface area contributed by atoms with Gasteiger partial charge < -0.3 is 9.42 Å². The van der Waals surface area contributed by atoms with Gasteiger partial charge in [0.1, 0.15) is 5.75 Å². The van der Waals surface area contributed by atoms with Crippen molar-refractivity contribution in [2.45, 2.75) is 13.1 Å². The fourth-order valence-electron chi connectivity index (χ4n) is 1.11. The van der Waals surface area contributed by atoms with Gasteiger partial charge in [0.25, 0.3) is 0 Å². The van der Waals surface area contributed by atoms with Gasteiger partial charge in [-0.15, -0.1) is 0 Å². The van der Waals surface area contributed by atoms with E-state index in [4.69, 9.17) is 4.52 Å². The highest BCUT2D eigenvalue weighted by molar-refractivity contribution is 7.50. The summed E-state index contributed by atoms with van der Waals surface area (Å²) in [5, 5.41) is 0. The molecular formula is C10H13F3NO3P. The van der Waals surface area contributed by atoms with Crippen LogP contribution >= 0.6 is 7.75 Å². The second-order valence-electron chi connectivity index (χ2n) is 3.58. The Morgan fingerprint density at radius 1 is 1.44 bits per heavy atom. The minimum atomic E-state index is -4.52. The SMILES string of the molecule is CCN(C)P(=O)(O)Oc1cccc(C(F)(F)F)c1. The molecule has 1 aromatic carbocycles. The minimum Gasteiger partial charge on any atom is -0.413 e. The lowest BCUT2D eigenvalue weighted by atomic mass is 10.2. The van der Waals surface area contributed by atoms with Gasteiger partial charge in [0.15, 0.2) is 0 Å². The van der Waals surface area contributed by atoms with E-state index in [2.05, 4.69) is 0 Å². The first-order chi connectivity index (χ1) is 8.16. The number of rotatable bonds is 4. The normalized spacial score (nSPS) is 15.5. The third kappa shape index (κ3) is 3.73. The van der Waals surface area contributed by atoms with Gasteiger partial charge in [-0.25, -0.2) is 9.24 Å². The smallest absolute Gasteiger partial charge is 0.413 e. The Morgan fingerprint density at radius 2 is 2.06 bits per heavy atom. The highest BCUT2D eigenvalue weighted by Crippen LogP contribution is 2.45. The molecule has 0 amide bonds. The standard InChI is InChI=1S/C10H13F3NO3P/c1-3-14(2)18(15,16)17-9-6-4-5-8(7-9)10(11,12)13/h4-7H,3H2,1-2H3,(H,15,16). The maximum atomic E-state index is 12.4. The molecule has 1 aromatic rings. The summed E-state index contributed by atoms with van der Waals surface area (Å²) in [6.45, 7) is 1.85. The number of alkyl halides is 3. The van der Waals surface area contributed by atoms with E-state index in [1.54, 1.807) is 6.92 Å². The molecule has 8 heteroatoms. The quantitative estimate of drug-likeness (QED) is 0.862. The summed E-state index contributed by atoms with van der Waals surface area (Å²) >= 11 is 0.